The fourth-order valence-corrected chi connectivity index (χ4v) is 3.72. The van der Waals surface area contributed by atoms with Crippen LogP contribution in [0.3, 0.4) is 0 Å². The summed E-state index contributed by atoms with van der Waals surface area (Å²) in [5, 5.41) is 6.68. The molecule has 0 aliphatic rings. The monoisotopic (exact) mass is 523 g/mol. The van der Waals surface area contributed by atoms with Crippen molar-refractivity contribution < 1.29 is 4.74 Å². The first-order chi connectivity index (χ1) is 11.2. The normalized spacial score (nSPS) is 10.9. The number of rotatable bonds is 7. The summed E-state index contributed by atoms with van der Waals surface area (Å²) < 4.78 is 6.54. The molecule has 2 rings (SSSR count). The van der Waals surface area contributed by atoms with Crippen LogP contribution < -0.4 is 15.4 Å². The fourth-order valence-electron chi connectivity index (χ4n) is 2.24. The van der Waals surface area contributed by atoms with Crippen molar-refractivity contribution in [3.05, 3.63) is 50.6 Å². The summed E-state index contributed by atoms with van der Waals surface area (Å²) in [4.78, 5) is 5.61. The molecule has 0 fully saturated rings. The number of nitrogens with zero attached hydrogens (tertiary/aromatic N) is 1. The Morgan fingerprint density at radius 1 is 1.12 bits per heavy atom. The number of hydrogen-bond acceptors (Lipinski definition) is 3. The van der Waals surface area contributed by atoms with E-state index in [1.807, 2.05) is 18.2 Å². The zero-order valence-electron chi connectivity index (χ0n) is 13.8. The summed E-state index contributed by atoms with van der Waals surface area (Å²) in [6.45, 7) is 1.67. The van der Waals surface area contributed by atoms with Gasteiger partial charge in [-0.1, -0.05) is 18.2 Å². The molecule has 0 aliphatic heterocycles. The van der Waals surface area contributed by atoms with Gasteiger partial charge in [-0.05, 0) is 52.5 Å². The molecule has 0 atom stereocenters. The van der Waals surface area contributed by atoms with Gasteiger partial charge in [0.15, 0.2) is 5.96 Å². The molecular formula is C17H23BrIN3OS. The molecule has 0 radical (unpaired) electrons. The summed E-state index contributed by atoms with van der Waals surface area (Å²) in [5.74, 6) is 1.76. The molecule has 4 nitrogen and oxygen atoms in total. The van der Waals surface area contributed by atoms with Crippen molar-refractivity contribution in [2.45, 2.75) is 12.8 Å². The minimum absolute atomic E-state index is 0. The number of nitrogens with one attached hydrogen (secondary N) is 2. The number of aliphatic imine (C=N–C) groups is 1. The van der Waals surface area contributed by atoms with Crippen LogP contribution in [0.25, 0.3) is 0 Å². The Kier molecular flexibility index (Phi) is 10.4. The molecule has 0 saturated heterocycles. The van der Waals surface area contributed by atoms with E-state index in [2.05, 4.69) is 49.8 Å². The largest absolute Gasteiger partial charge is 0.496 e. The van der Waals surface area contributed by atoms with Crippen LogP contribution in [0.4, 0.5) is 0 Å². The number of para-hydroxylation sites is 1. The number of hydrogen-bond donors (Lipinski definition) is 2. The second-order valence-electron chi connectivity index (χ2n) is 4.94. The predicted molar refractivity (Wildman–Crippen MR) is 117 cm³/mol. The Labute approximate surface area is 173 Å². The van der Waals surface area contributed by atoms with Crippen LogP contribution in [-0.2, 0) is 12.8 Å². The van der Waals surface area contributed by atoms with Crippen LogP contribution in [-0.4, -0.2) is 33.2 Å². The highest BCUT2D eigenvalue weighted by Gasteiger charge is 2.03. The lowest BCUT2D eigenvalue weighted by molar-refractivity contribution is 0.409. The summed E-state index contributed by atoms with van der Waals surface area (Å²) in [5.41, 5.74) is 1.20. The lowest BCUT2D eigenvalue weighted by atomic mass is 10.1. The SMILES string of the molecule is CN=C(NCCc1ccc(Br)s1)NCCc1ccccc1OC.I. The number of methoxy groups -OCH3 is 1. The maximum absolute atomic E-state index is 5.37. The topological polar surface area (TPSA) is 45.7 Å². The van der Waals surface area contributed by atoms with Crippen molar-refractivity contribution in [1.82, 2.24) is 10.6 Å². The summed E-state index contributed by atoms with van der Waals surface area (Å²) in [7, 11) is 3.50. The fraction of sp³-hybridized carbons (Fsp3) is 0.353. The van der Waals surface area contributed by atoms with Crippen molar-refractivity contribution >= 4 is 57.2 Å². The summed E-state index contributed by atoms with van der Waals surface area (Å²) in [6.07, 6.45) is 1.88. The molecule has 7 heteroatoms. The third-order valence-corrected chi connectivity index (χ3v) is 5.08. The van der Waals surface area contributed by atoms with Gasteiger partial charge < -0.3 is 15.4 Å². The molecule has 132 valence electrons. The zero-order valence-corrected chi connectivity index (χ0v) is 18.6. The van der Waals surface area contributed by atoms with Gasteiger partial charge in [-0.15, -0.1) is 35.3 Å². The van der Waals surface area contributed by atoms with Gasteiger partial charge in [0, 0.05) is 25.0 Å². The van der Waals surface area contributed by atoms with Crippen molar-refractivity contribution in [2.24, 2.45) is 4.99 Å². The third-order valence-electron chi connectivity index (χ3n) is 3.40. The van der Waals surface area contributed by atoms with E-state index in [1.54, 1.807) is 25.5 Å². The molecule has 1 aromatic heterocycles. The summed E-state index contributed by atoms with van der Waals surface area (Å²) in [6, 6.07) is 12.3. The van der Waals surface area contributed by atoms with E-state index in [9.17, 15) is 0 Å². The molecule has 1 aromatic carbocycles. The van der Waals surface area contributed by atoms with Crippen LogP contribution in [0, 0.1) is 0 Å². The van der Waals surface area contributed by atoms with Gasteiger partial charge in [0.05, 0.1) is 10.9 Å². The zero-order chi connectivity index (χ0) is 16.5. The molecule has 0 saturated carbocycles. The molecular weight excluding hydrogens is 501 g/mol. The molecule has 2 aromatic rings. The maximum atomic E-state index is 5.37. The van der Waals surface area contributed by atoms with E-state index in [1.165, 1.54) is 14.2 Å². The highest BCUT2D eigenvalue weighted by molar-refractivity contribution is 14.0. The van der Waals surface area contributed by atoms with E-state index in [0.717, 1.165) is 37.6 Å². The Hall–Kier alpha value is -0.800. The van der Waals surface area contributed by atoms with Crippen LogP contribution in [0.1, 0.15) is 10.4 Å². The van der Waals surface area contributed by atoms with Crippen molar-refractivity contribution in [2.75, 3.05) is 27.2 Å². The van der Waals surface area contributed by atoms with Gasteiger partial charge in [0.1, 0.15) is 5.75 Å². The van der Waals surface area contributed by atoms with Crippen LogP contribution >= 0.6 is 51.2 Å². The van der Waals surface area contributed by atoms with Gasteiger partial charge in [-0.3, -0.25) is 4.99 Å². The quantitative estimate of drug-likeness (QED) is 0.326. The third kappa shape index (κ3) is 6.98. The number of benzene rings is 1. The second-order valence-corrected chi connectivity index (χ2v) is 7.49. The van der Waals surface area contributed by atoms with Crippen molar-refractivity contribution in [1.29, 1.82) is 0 Å². The molecule has 0 unspecified atom stereocenters. The first-order valence-corrected chi connectivity index (χ1v) is 9.14. The maximum Gasteiger partial charge on any atom is 0.190 e. The van der Waals surface area contributed by atoms with Gasteiger partial charge in [0.25, 0.3) is 0 Å². The van der Waals surface area contributed by atoms with Crippen LogP contribution in [0.2, 0.25) is 0 Å². The smallest absolute Gasteiger partial charge is 0.190 e. The van der Waals surface area contributed by atoms with Gasteiger partial charge >= 0.3 is 0 Å². The highest BCUT2D eigenvalue weighted by Crippen LogP contribution is 2.22. The van der Waals surface area contributed by atoms with Gasteiger partial charge in [-0.25, -0.2) is 0 Å². The van der Waals surface area contributed by atoms with Gasteiger partial charge in [-0.2, -0.15) is 0 Å². The van der Waals surface area contributed by atoms with Gasteiger partial charge in [0.2, 0.25) is 0 Å². The first-order valence-electron chi connectivity index (χ1n) is 7.53. The number of guanidine groups is 1. The van der Waals surface area contributed by atoms with Crippen molar-refractivity contribution in [3.8, 4) is 5.75 Å². The van der Waals surface area contributed by atoms with E-state index in [-0.39, 0.29) is 24.0 Å². The molecule has 0 amide bonds. The van der Waals surface area contributed by atoms with Crippen LogP contribution in [0.15, 0.2) is 45.2 Å². The van der Waals surface area contributed by atoms with E-state index < -0.39 is 0 Å². The molecule has 0 bridgehead atoms. The number of ether oxygens (including phenoxy) is 1. The van der Waals surface area contributed by atoms with E-state index in [4.69, 9.17) is 4.74 Å². The number of thiophene rings is 1. The Balaban J connectivity index is 0.00000288. The van der Waals surface area contributed by atoms with E-state index in [0.29, 0.717) is 0 Å². The lowest BCUT2D eigenvalue weighted by Crippen LogP contribution is -2.39. The average molecular weight is 524 g/mol. The van der Waals surface area contributed by atoms with Crippen molar-refractivity contribution in [3.63, 3.8) is 0 Å². The molecule has 24 heavy (non-hydrogen) atoms. The molecule has 0 spiro atoms. The predicted octanol–water partition coefficient (Wildman–Crippen LogP) is 4.09. The Bertz CT molecular complexity index is 648. The Morgan fingerprint density at radius 3 is 2.46 bits per heavy atom. The lowest BCUT2D eigenvalue weighted by Gasteiger charge is -2.12. The molecule has 1 heterocycles. The average Bonchev–Trinajstić information content (AvgIpc) is 2.99. The first kappa shape index (κ1) is 21.2. The Morgan fingerprint density at radius 2 is 1.83 bits per heavy atom. The number of halogens is 2. The highest BCUT2D eigenvalue weighted by atomic mass is 127. The standard InChI is InChI=1S/C17H22BrN3OS.HI/c1-19-17(21-12-10-14-7-8-16(18)23-14)20-11-9-13-5-3-4-6-15(13)22-2;/h3-8H,9-12H2,1-2H3,(H2,19,20,21);1H. The molecule has 0 aliphatic carbocycles. The second kappa shape index (κ2) is 11.7. The molecule has 2 N–H and O–H groups in total. The van der Waals surface area contributed by atoms with E-state index >= 15 is 0 Å². The minimum atomic E-state index is 0. The summed E-state index contributed by atoms with van der Waals surface area (Å²) >= 11 is 5.26. The minimum Gasteiger partial charge on any atom is -0.496 e. The van der Waals surface area contributed by atoms with Crippen LogP contribution in [0.5, 0.6) is 5.75 Å².